The van der Waals surface area contributed by atoms with Crippen LogP contribution in [0.1, 0.15) is 49.3 Å². The van der Waals surface area contributed by atoms with Crippen LogP contribution in [0.2, 0.25) is 0 Å². The molecule has 0 aromatic heterocycles. The second-order valence-electron chi connectivity index (χ2n) is 9.16. The molecule has 0 bridgehead atoms. The molecule has 2 aliphatic heterocycles. The van der Waals surface area contributed by atoms with Gasteiger partial charge in [0.2, 0.25) is 0 Å². The minimum atomic E-state index is -1.53. The third-order valence-corrected chi connectivity index (χ3v) is 6.29. The predicted molar refractivity (Wildman–Crippen MR) is 116 cm³/mol. The summed E-state index contributed by atoms with van der Waals surface area (Å²) in [5.41, 5.74) is 0.509. The Balaban J connectivity index is 1.34. The molecular weight excluding hydrogens is 435 g/mol. The lowest BCUT2D eigenvalue weighted by Crippen LogP contribution is -2.48. The first-order valence-corrected chi connectivity index (χ1v) is 10.9. The quantitative estimate of drug-likeness (QED) is 0.676. The summed E-state index contributed by atoms with van der Waals surface area (Å²) in [7, 11) is 0. The lowest BCUT2D eigenvalue weighted by Gasteiger charge is -2.35. The van der Waals surface area contributed by atoms with Crippen molar-refractivity contribution in [2.75, 3.05) is 18.4 Å². The topological polar surface area (TPSA) is 72.9 Å². The van der Waals surface area contributed by atoms with Crippen LogP contribution >= 0.6 is 0 Å². The fraction of sp³-hybridized carbons (Fsp3) is 0.417. The van der Waals surface area contributed by atoms with E-state index in [4.69, 9.17) is 0 Å². The predicted octanol–water partition coefficient (Wildman–Crippen LogP) is 4.13. The molecule has 1 fully saturated rings. The Hall–Kier alpha value is -3.07. The van der Waals surface area contributed by atoms with Gasteiger partial charge >= 0.3 is 6.03 Å². The van der Waals surface area contributed by atoms with E-state index in [1.807, 2.05) is 12.1 Å². The van der Waals surface area contributed by atoms with Crippen molar-refractivity contribution in [1.29, 1.82) is 0 Å². The number of rotatable bonds is 3. The van der Waals surface area contributed by atoms with Crippen molar-refractivity contribution < 1.29 is 27.9 Å². The molecule has 4 rings (SSSR count). The van der Waals surface area contributed by atoms with Gasteiger partial charge in [0, 0.05) is 30.9 Å². The van der Waals surface area contributed by atoms with Crippen LogP contribution in [-0.4, -0.2) is 45.5 Å². The maximum Gasteiger partial charge on any atom is 0.322 e. The number of hydrogen-bond acceptors (Lipinski definition) is 3. The van der Waals surface area contributed by atoms with Gasteiger partial charge in [-0.15, -0.1) is 0 Å². The Morgan fingerprint density at radius 3 is 2.24 bits per heavy atom. The molecule has 1 saturated heterocycles. The van der Waals surface area contributed by atoms with E-state index in [-0.39, 0.29) is 36.0 Å². The van der Waals surface area contributed by atoms with Crippen molar-refractivity contribution in [3.8, 4) is 0 Å². The van der Waals surface area contributed by atoms with Crippen LogP contribution in [0.5, 0.6) is 0 Å². The number of nitrogens with one attached hydrogen (secondary N) is 1. The van der Waals surface area contributed by atoms with E-state index in [1.165, 1.54) is 18.7 Å². The molecule has 0 saturated carbocycles. The molecule has 2 N–H and O–H groups in total. The number of halogens is 3. The van der Waals surface area contributed by atoms with Crippen LogP contribution < -0.4 is 5.32 Å². The highest BCUT2D eigenvalue weighted by atomic mass is 19.2. The maximum atomic E-state index is 14.0. The average Bonchev–Trinajstić information content (AvgIpc) is 3.21. The summed E-state index contributed by atoms with van der Waals surface area (Å²) >= 11 is 0. The van der Waals surface area contributed by atoms with Gasteiger partial charge in [0.25, 0.3) is 5.91 Å². The fourth-order valence-electron chi connectivity index (χ4n) is 4.43. The van der Waals surface area contributed by atoms with Crippen molar-refractivity contribution >= 4 is 17.6 Å². The van der Waals surface area contributed by atoms with Gasteiger partial charge in [-0.3, -0.25) is 4.79 Å². The average molecular weight is 461 g/mol. The number of fused-ring (bicyclic) bond motifs is 1. The van der Waals surface area contributed by atoms with Gasteiger partial charge in [-0.1, -0.05) is 12.1 Å². The molecule has 0 spiro atoms. The van der Waals surface area contributed by atoms with Crippen molar-refractivity contribution in [3.63, 3.8) is 0 Å². The van der Waals surface area contributed by atoms with E-state index in [2.05, 4.69) is 5.32 Å². The van der Waals surface area contributed by atoms with Crippen LogP contribution in [0.25, 0.3) is 0 Å². The molecule has 2 aliphatic rings. The Bertz CT molecular complexity index is 1080. The number of carbonyl (C=O) groups is 2. The number of likely N-dealkylation sites (tertiary alicyclic amines) is 1. The molecule has 0 radical (unpaired) electrons. The van der Waals surface area contributed by atoms with Gasteiger partial charge in [0.15, 0.2) is 17.5 Å². The zero-order valence-electron chi connectivity index (χ0n) is 18.5. The summed E-state index contributed by atoms with van der Waals surface area (Å²) < 4.78 is 40.9. The van der Waals surface area contributed by atoms with E-state index in [0.29, 0.717) is 18.8 Å². The van der Waals surface area contributed by atoms with Gasteiger partial charge in [-0.05, 0) is 61.9 Å². The molecule has 2 aromatic carbocycles. The smallest absolute Gasteiger partial charge is 0.322 e. The number of piperidine rings is 1. The van der Waals surface area contributed by atoms with E-state index in [9.17, 15) is 27.9 Å². The van der Waals surface area contributed by atoms with E-state index >= 15 is 0 Å². The number of benzene rings is 2. The second-order valence-corrected chi connectivity index (χ2v) is 9.16. The highest BCUT2D eigenvalue weighted by Crippen LogP contribution is 2.31. The lowest BCUT2D eigenvalue weighted by atomic mass is 9.89. The van der Waals surface area contributed by atoms with E-state index < -0.39 is 29.1 Å². The Labute approximate surface area is 190 Å². The molecule has 176 valence electrons. The minimum absolute atomic E-state index is 0.00465. The molecule has 6 nitrogen and oxygen atoms in total. The van der Waals surface area contributed by atoms with Crippen molar-refractivity contribution in [3.05, 3.63) is 64.5 Å². The van der Waals surface area contributed by atoms with E-state index in [1.54, 1.807) is 17.0 Å². The maximum absolute atomic E-state index is 14.0. The Morgan fingerprint density at radius 1 is 1.00 bits per heavy atom. The van der Waals surface area contributed by atoms with Gasteiger partial charge in [-0.2, -0.15) is 0 Å². The van der Waals surface area contributed by atoms with Gasteiger partial charge in [-0.25, -0.2) is 18.0 Å². The monoisotopic (exact) mass is 461 g/mol. The summed E-state index contributed by atoms with van der Waals surface area (Å²) in [6.45, 7) is 3.97. The molecule has 0 atom stereocenters. The summed E-state index contributed by atoms with van der Waals surface area (Å²) in [5.74, 6) is -4.05. The molecule has 9 heteroatoms. The third-order valence-electron chi connectivity index (χ3n) is 6.29. The molecule has 2 aromatic rings. The number of hydrogen-bond donors (Lipinski definition) is 2. The molecule has 0 unspecified atom stereocenters. The zero-order valence-corrected chi connectivity index (χ0v) is 18.5. The number of carbonyl (C=O) groups excluding carboxylic acids is 2. The lowest BCUT2D eigenvalue weighted by molar-refractivity contribution is -0.148. The standard InChI is InChI=1S/C24H26F3N3O3/c1-24(2,33)22(31)29-9-7-15(8-10-29)14-3-5-17(6-4-14)28-23(32)30-12-16-11-19(25)21(27)20(26)18(16)13-30/h3-6,11,15,33H,7-10,12-13H2,1-2H3,(H,28,32). The first-order valence-electron chi connectivity index (χ1n) is 10.9. The first kappa shape index (κ1) is 23.1. The molecule has 2 heterocycles. The number of urea groups is 1. The summed E-state index contributed by atoms with van der Waals surface area (Å²) in [6, 6.07) is 7.80. The van der Waals surface area contributed by atoms with Crippen LogP contribution in [0.15, 0.2) is 30.3 Å². The minimum Gasteiger partial charge on any atom is -0.381 e. The summed E-state index contributed by atoms with van der Waals surface area (Å²) in [5, 5.41) is 12.6. The number of anilines is 1. The second kappa shape index (κ2) is 8.70. The Morgan fingerprint density at radius 2 is 1.64 bits per heavy atom. The van der Waals surface area contributed by atoms with Crippen molar-refractivity contribution in [1.82, 2.24) is 9.80 Å². The first-order chi connectivity index (χ1) is 15.5. The molecule has 3 amide bonds. The van der Waals surface area contributed by atoms with Crippen molar-refractivity contribution in [2.45, 2.75) is 51.3 Å². The van der Waals surface area contributed by atoms with Gasteiger partial charge in [0.1, 0.15) is 5.60 Å². The van der Waals surface area contributed by atoms with Crippen molar-refractivity contribution in [2.24, 2.45) is 0 Å². The van der Waals surface area contributed by atoms with Gasteiger partial charge < -0.3 is 20.2 Å². The zero-order chi connectivity index (χ0) is 23.9. The van der Waals surface area contributed by atoms with Crippen LogP contribution in [0, 0.1) is 17.5 Å². The normalized spacial score (nSPS) is 16.7. The highest BCUT2D eigenvalue weighted by molar-refractivity contribution is 5.89. The number of aliphatic hydroxyl groups is 1. The van der Waals surface area contributed by atoms with Crippen LogP contribution in [0.3, 0.4) is 0 Å². The number of amides is 3. The Kier molecular flexibility index (Phi) is 6.09. The summed E-state index contributed by atoms with van der Waals surface area (Å²) in [6.07, 6.45) is 1.55. The largest absolute Gasteiger partial charge is 0.381 e. The highest BCUT2D eigenvalue weighted by Gasteiger charge is 2.32. The fourth-order valence-corrected chi connectivity index (χ4v) is 4.43. The molecule has 33 heavy (non-hydrogen) atoms. The van der Waals surface area contributed by atoms with Crippen LogP contribution in [0.4, 0.5) is 23.7 Å². The van der Waals surface area contributed by atoms with Crippen LogP contribution in [-0.2, 0) is 17.9 Å². The van der Waals surface area contributed by atoms with Gasteiger partial charge in [0.05, 0.1) is 6.54 Å². The number of nitrogens with zero attached hydrogens (tertiary/aromatic N) is 2. The summed E-state index contributed by atoms with van der Waals surface area (Å²) in [4.78, 5) is 27.8. The van der Waals surface area contributed by atoms with E-state index in [0.717, 1.165) is 24.5 Å². The SMILES string of the molecule is CC(C)(O)C(=O)N1CCC(c2ccc(NC(=O)N3Cc4cc(F)c(F)c(F)c4C3)cc2)CC1. The molecular formula is C24H26F3N3O3. The third kappa shape index (κ3) is 4.68. The molecule has 0 aliphatic carbocycles.